The number of thioether (sulfide) groups is 1. The van der Waals surface area contributed by atoms with Crippen LogP contribution in [0.5, 0.6) is 5.75 Å². The number of hydrogen-bond acceptors (Lipinski definition) is 4. The Labute approximate surface area is 120 Å². The number of aliphatic hydroxyl groups is 1. The molecule has 0 bridgehead atoms. The van der Waals surface area contributed by atoms with Gasteiger partial charge in [-0.1, -0.05) is 6.07 Å². The second-order valence-corrected chi connectivity index (χ2v) is 6.23. The van der Waals surface area contributed by atoms with Crippen LogP contribution in [-0.4, -0.2) is 42.5 Å². The van der Waals surface area contributed by atoms with Gasteiger partial charge in [-0.05, 0) is 33.6 Å². The summed E-state index contributed by atoms with van der Waals surface area (Å²) in [4.78, 5) is 0. The van der Waals surface area contributed by atoms with E-state index in [4.69, 9.17) is 9.47 Å². The number of aliphatic hydroxyl groups excluding tert-OH is 1. The van der Waals surface area contributed by atoms with E-state index in [9.17, 15) is 5.11 Å². The van der Waals surface area contributed by atoms with Gasteiger partial charge in [0.15, 0.2) is 0 Å². The summed E-state index contributed by atoms with van der Waals surface area (Å²) in [6, 6.07) is 5.86. The summed E-state index contributed by atoms with van der Waals surface area (Å²) in [6.45, 7) is 0.735. The van der Waals surface area contributed by atoms with Gasteiger partial charge in [-0.25, -0.2) is 0 Å². The van der Waals surface area contributed by atoms with Gasteiger partial charge in [-0.15, -0.1) is 0 Å². The fourth-order valence-corrected chi connectivity index (χ4v) is 3.46. The molecule has 100 valence electrons. The van der Waals surface area contributed by atoms with Gasteiger partial charge >= 0.3 is 0 Å². The van der Waals surface area contributed by atoms with E-state index in [0.29, 0.717) is 6.42 Å². The van der Waals surface area contributed by atoms with E-state index in [0.717, 1.165) is 33.9 Å². The number of hydrogen-bond donors (Lipinski definition) is 1. The second-order valence-electron chi connectivity index (χ2n) is 4.22. The standard InChI is InChI=1S/C13H17BrO3S/c1-16-12-3-2-9(6-10(12)14)7-11(15)13-8-18-5-4-17-13/h2-3,6,11,13,15H,4-5,7-8H2,1H3. The predicted molar refractivity (Wildman–Crippen MR) is 77.5 cm³/mol. The normalized spacial score (nSPS) is 21.6. The minimum Gasteiger partial charge on any atom is -0.496 e. The third-order valence-corrected chi connectivity index (χ3v) is 4.57. The lowest BCUT2D eigenvalue weighted by Crippen LogP contribution is -2.36. The zero-order valence-corrected chi connectivity index (χ0v) is 12.7. The first-order valence-electron chi connectivity index (χ1n) is 5.90. The first kappa shape index (κ1) is 14.2. The van der Waals surface area contributed by atoms with Crippen molar-refractivity contribution in [3.05, 3.63) is 28.2 Å². The van der Waals surface area contributed by atoms with Gasteiger partial charge in [0.2, 0.25) is 0 Å². The molecule has 0 amide bonds. The van der Waals surface area contributed by atoms with Crippen molar-refractivity contribution in [2.45, 2.75) is 18.6 Å². The molecule has 1 aliphatic heterocycles. The van der Waals surface area contributed by atoms with E-state index < -0.39 is 6.10 Å². The van der Waals surface area contributed by atoms with Crippen molar-refractivity contribution in [2.75, 3.05) is 25.2 Å². The molecule has 1 fully saturated rings. The molecule has 2 unspecified atom stereocenters. The average molecular weight is 333 g/mol. The molecule has 1 saturated heterocycles. The van der Waals surface area contributed by atoms with Gasteiger partial charge in [0, 0.05) is 17.9 Å². The fraction of sp³-hybridized carbons (Fsp3) is 0.538. The van der Waals surface area contributed by atoms with Gasteiger partial charge in [0.1, 0.15) is 5.75 Å². The molecule has 1 N–H and O–H groups in total. The highest BCUT2D eigenvalue weighted by Crippen LogP contribution is 2.26. The van der Waals surface area contributed by atoms with Crippen LogP contribution in [0.15, 0.2) is 22.7 Å². The van der Waals surface area contributed by atoms with Crippen LogP contribution in [0.2, 0.25) is 0 Å². The molecule has 1 aromatic carbocycles. The van der Waals surface area contributed by atoms with E-state index in [1.165, 1.54) is 0 Å². The predicted octanol–water partition coefficient (Wildman–Crippen LogP) is 2.49. The zero-order valence-electron chi connectivity index (χ0n) is 10.3. The third kappa shape index (κ3) is 3.63. The van der Waals surface area contributed by atoms with Crippen LogP contribution in [-0.2, 0) is 11.2 Å². The molecule has 0 aliphatic carbocycles. The lowest BCUT2D eigenvalue weighted by molar-refractivity contribution is -0.0208. The van der Waals surface area contributed by atoms with E-state index >= 15 is 0 Å². The summed E-state index contributed by atoms with van der Waals surface area (Å²) in [5.74, 6) is 2.70. The van der Waals surface area contributed by atoms with Gasteiger partial charge in [-0.2, -0.15) is 11.8 Å². The first-order chi connectivity index (χ1) is 8.70. The van der Waals surface area contributed by atoms with Gasteiger partial charge in [0.05, 0.1) is 30.4 Å². The molecule has 2 rings (SSSR count). The molecule has 5 heteroatoms. The molecule has 0 radical (unpaired) electrons. The summed E-state index contributed by atoms with van der Waals surface area (Å²) >= 11 is 5.29. The molecule has 1 aliphatic rings. The molecule has 0 spiro atoms. The first-order valence-corrected chi connectivity index (χ1v) is 7.85. The molecule has 0 aromatic heterocycles. The van der Waals surface area contributed by atoms with Gasteiger partial charge < -0.3 is 14.6 Å². The molecule has 0 saturated carbocycles. The number of rotatable bonds is 4. The maximum Gasteiger partial charge on any atom is 0.133 e. The lowest BCUT2D eigenvalue weighted by atomic mass is 10.0. The van der Waals surface area contributed by atoms with Crippen LogP contribution < -0.4 is 4.74 Å². The van der Waals surface area contributed by atoms with Crippen LogP contribution in [0.25, 0.3) is 0 Å². The monoisotopic (exact) mass is 332 g/mol. The van der Waals surface area contributed by atoms with Crippen LogP contribution in [0.3, 0.4) is 0 Å². The summed E-state index contributed by atoms with van der Waals surface area (Å²) in [7, 11) is 1.64. The largest absolute Gasteiger partial charge is 0.496 e. The molecule has 1 aromatic rings. The quantitative estimate of drug-likeness (QED) is 0.919. The maximum absolute atomic E-state index is 10.2. The molecular weight excluding hydrogens is 316 g/mol. The van der Waals surface area contributed by atoms with Crippen LogP contribution in [0, 0.1) is 0 Å². The van der Waals surface area contributed by atoms with Gasteiger partial charge in [-0.3, -0.25) is 0 Å². The van der Waals surface area contributed by atoms with Gasteiger partial charge in [0.25, 0.3) is 0 Å². The lowest BCUT2D eigenvalue weighted by Gasteiger charge is -2.26. The van der Waals surface area contributed by atoms with Crippen LogP contribution in [0.4, 0.5) is 0 Å². The van der Waals surface area contributed by atoms with Crippen LogP contribution >= 0.6 is 27.7 Å². The Kier molecular flexibility index (Phi) is 5.36. The number of methoxy groups -OCH3 is 1. The van der Waals surface area contributed by atoms with Crippen molar-refractivity contribution in [1.82, 2.24) is 0 Å². The minimum absolute atomic E-state index is 0.0513. The van der Waals surface area contributed by atoms with Crippen molar-refractivity contribution in [3.8, 4) is 5.75 Å². The second kappa shape index (κ2) is 6.80. The Hall–Kier alpha value is -0.230. The molecular formula is C13H17BrO3S. The Bertz CT molecular complexity index is 394. The molecule has 1 heterocycles. The number of ether oxygens (including phenoxy) is 2. The van der Waals surface area contributed by atoms with Crippen molar-refractivity contribution in [1.29, 1.82) is 0 Å². The average Bonchev–Trinajstić information content (AvgIpc) is 2.40. The highest BCUT2D eigenvalue weighted by Gasteiger charge is 2.23. The summed E-state index contributed by atoms with van der Waals surface area (Å²) in [5, 5.41) is 10.2. The summed E-state index contributed by atoms with van der Waals surface area (Å²) in [5.41, 5.74) is 1.08. The Morgan fingerprint density at radius 3 is 3.06 bits per heavy atom. The van der Waals surface area contributed by atoms with Crippen molar-refractivity contribution >= 4 is 27.7 Å². The van der Waals surface area contributed by atoms with Crippen molar-refractivity contribution < 1.29 is 14.6 Å². The highest BCUT2D eigenvalue weighted by atomic mass is 79.9. The fourth-order valence-electron chi connectivity index (χ4n) is 1.94. The molecule has 18 heavy (non-hydrogen) atoms. The van der Waals surface area contributed by atoms with E-state index in [2.05, 4.69) is 15.9 Å². The van der Waals surface area contributed by atoms with Crippen molar-refractivity contribution in [3.63, 3.8) is 0 Å². The van der Waals surface area contributed by atoms with Crippen LogP contribution in [0.1, 0.15) is 5.56 Å². The van der Waals surface area contributed by atoms with E-state index in [1.807, 2.05) is 30.0 Å². The number of halogens is 1. The third-order valence-electron chi connectivity index (χ3n) is 2.93. The maximum atomic E-state index is 10.2. The Balaban J connectivity index is 1.97. The summed E-state index contributed by atoms with van der Waals surface area (Å²) < 4.78 is 11.7. The van der Waals surface area contributed by atoms with E-state index in [-0.39, 0.29) is 6.10 Å². The van der Waals surface area contributed by atoms with E-state index in [1.54, 1.807) is 7.11 Å². The Morgan fingerprint density at radius 1 is 1.61 bits per heavy atom. The smallest absolute Gasteiger partial charge is 0.133 e. The summed E-state index contributed by atoms with van der Waals surface area (Å²) in [6.07, 6.45) is 0.108. The molecule has 3 nitrogen and oxygen atoms in total. The Morgan fingerprint density at radius 2 is 2.44 bits per heavy atom. The topological polar surface area (TPSA) is 38.7 Å². The molecule has 2 atom stereocenters. The van der Waals surface area contributed by atoms with Crippen molar-refractivity contribution in [2.24, 2.45) is 0 Å². The zero-order chi connectivity index (χ0) is 13.0. The number of benzene rings is 1. The minimum atomic E-state index is -0.446. The SMILES string of the molecule is COc1ccc(CC(O)C2CSCCO2)cc1Br. The highest BCUT2D eigenvalue weighted by molar-refractivity contribution is 9.10.